The van der Waals surface area contributed by atoms with E-state index < -0.39 is 34.0 Å². The van der Waals surface area contributed by atoms with E-state index in [1.807, 2.05) is 141 Å². The third-order valence-corrected chi connectivity index (χ3v) is 25.1. The molecule has 17 nitrogen and oxygen atoms in total. The molecule has 3 amide bonds. The third-order valence-electron chi connectivity index (χ3n) is 24.8. The lowest BCUT2D eigenvalue weighted by Gasteiger charge is -2.45. The van der Waals surface area contributed by atoms with Crippen molar-refractivity contribution in [1.29, 1.82) is 0 Å². The Bertz CT molecular complexity index is 5760. The summed E-state index contributed by atoms with van der Waals surface area (Å²) in [5, 5.41) is 14.3. The van der Waals surface area contributed by atoms with E-state index in [1.165, 1.54) is 23.3 Å². The van der Waals surface area contributed by atoms with Crippen LogP contribution < -0.4 is 17.2 Å². The highest BCUT2D eigenvalue weighted by Crippen LogP contribution is 2.55. The average Bonchev–Trinajstić information content (AvgIpc) is 1.62. The predicted molar refractivity (Wildman–Crippen MR) is 438 cm³/mol. The summed E-state index contributed by atoms with van der Waals surface area (Å²) in [6.45, 7) is 21.1. The summed E-state index contributed by atoms with van der Waals surface area (Å²) in [5.41, 5.74) is 35.4. The Labute approximate surface area is 662 Å². The Hall–Kier alpha value is -11.9. The molecular weight excluding hydrogens is 1430 g/mol. The number of nitrogens with two attached hydrogens (primary N) is 3. The molecule has 9 atom stereocenters. The Morgan fingerprint density at radius 1 is 0.531 bits per heavy atom. The highest BCUT2D eigenvalue weighted by Gasteiger charge is 2.54. The number of allylic oxidation sites excluding steroid dienone is 3. The Morgan fingerprint density at radius 3 is 1.64 bits per heavy atom. The molecule has 4 aromatic heterocycles. The number of primary amides is 3. The number of ketones is 3. The lowest BCUT2D eigenvalue weighted by molar-refractivity contribution is -0.127. The first-order valence-corrected chi connectivity index (χ1v) is 39.2. The molecule has 7 aromatic carbocycles. The van der Waals surface area contributed by atoms with Gasteiger partial charge in [0.1, 0.15) is 17.5 Å². The Kier molecular flexibility index (Phi) is 20.3. The van der Waals surface area contributed by atoms with Gasteiger partial charge >= 0.3 is 0 Å². The van der Waals surface area contributed by atoms with Gasteiger partial charge in [-0.1, -0.05) is 218 Å². The number of imidazole rings is 2. The topological polar surface area (TPSA) is 260 Å². The van der Waals surface area contributed by atoms with E-state index in [1.54, 1.807) is 24.4 Å². The van der Waals surface area contributed by atoms with Gasteiger partial charge in [0.2, 0.25) is 0 Å². The molecule has 0 aliphatic heterocycles. The Balaban J connectivity index is 0.000000134. The quantitative estimate of drug-likeness (QED) is 0.0914. The molecule has 0 spiro atoms. The van der Waals surface area contributed by atoms with E-state index in [0.29, 0.717) is 35.4 Å². The molecule has 11 aromatic rings. The van der Waals surface area contributed by atoms with E-state index in [0.717, 1.165) is 134 Å². The van der Waals surface area contributed by atoms with Crippen LogP contribution in [0.5, 0.6) is 0 Å². The highest BCUT2D eigenvalue weighted by atomic mass is 35.5. The Morgan fingerprint density at radius 2 is 1.05 bits per heavy atom. The molecule has 6 aliphatic carbocycles. The second kappa shape index (κ2) is 30.0. The van der Waals surface area contributed by atoms with E-state index in [-0.39, 0.29) is 75.4 Å². The minimum Gasteiger partial charge on any atom is -0.365 e. The van der Waals surface area contributed by atoms with E-state index >= 15 is 0 Å². The first-order valence-electron chi connectivity index (χ1n) is 38.8. The summed E-state index contributed by atoms with van der Waals surface area (Å²) < 4.78 is 20.8. The van der Waals surface area contributed by atoms with Gasteiger partial charge in [-0.05, 0) is 158 Å². The first kappa shape index (κ1) is 76.5. The van der Waals surface area contributed by atoms with Crippen LogP contribution in [0.1, 0.15) is 137 Å². The normalized spacial score (nSPS) is 22.6. The van der Waals surface area contributed by atoms with Crippen LogP contribution in [0, 0.1) is 55.2 Å². The van der Waals surface area contributed by atoms with Gasteiger partial charge in [0.25, 0.3) is 17.7 Å². The van der Waals surface area contributed by atoms with Gasteiger partial charge < -0.3 is 21.8 Å². The van der Waals surface area contributed by atoms with Gasteiger partial charge in [-0.2, -0.15) is 15.3 Å². The number of fused-ring (bicyclic) bond motifs is 9. The van der Waals surface area contributed by atoms with Crippen molar-refractivity contribution >= 4 is 46.7 Å². The van der Waals surface area contributed by atoms with Gasteiger partial charge in [-0.15, -0.1) is 0 Å². The van der Waals surface area contributed by atoms with E-state index in [4.69, 9.17) is 43.9 Å². The molecule has 0 bridgehead atoms. The maximum Gasteiger partial charge on any atom is 0.252 e. The standard InChI is InChI=1S/C32H28FN3O2.C32H31N5O2.C30H32ClN3O2/c1-19-26-14-15-27-29(32(26,2)18-25(28(19)37)30(34)38)35-31(36(27)24-13-7-12-23(33)17-24)22-11-6-10-21(16-22)20-8-4-3-5-9-20;1-18-5-7-22(8-6-18)28-24-13-14-26-20(3)29(38)25(31(33)39)16-32(26,4)30(24)37(36-28)23-11-9-21(10-12-23)27-15-19(2)17-34-35-27;1-17(2)20-7-9-21(10-8-20)29-33-27-25(34(29)16-19-5-11-22(31)12-6-19)14-13-24-18(3)26(35)23(28(32)36)15-30(24,27)4/h3-13,16-19,26H,14-15H2,1-2H3,(H2,34,38);5-12,15-17,20,26H,13-14H2,1-4H3,(H2,33,39);5-12,15,17-18,24H,13-14,16H2,1-4H3,(H2,32,36)/t19-,26-,32-;20-,26-,32-;18-,24-,30-/m111/s1. The predicted octanol–water partition coefficient (Wildman–Crippen LogP) is 16.7. The average molecular weight is 1530 g/mol. The van der Waals surface area contributed by atoms with Crippen molar-refractivity contribution in [2.24, 2.45) is 52.7 Å². The van der Waals surface area contributed by atoms with Gasteiger partial charge in [0, 0.05) is 84.8 Å². The van der Waals surface area contributed by atoms with Crippen LogP contribution in [0.4, 0.5) is 4.39 Å². The molecule has 0 fully saturated rings. The minimum atomic E-state index is -0.714. The summed E-state index contributed by atoms with van der Waals surface area (Å²) in [6, 6.07) is 59.8. The number of Topliss-reactive ketones (excluding diaryl/α,β-unsaturated/α-hetero) is 3. The van der Waals surface area contributed by atoms with E-state index in [9.17, 15) is 33.2 Å². The number of carbonyl (C=O) groups excluding carboxylic acids is 6. The summed E-state index contributed by atoms with van der Waals surface area (Å²) in [7, 11) is 0. The number of carbonyl (C=O) groups is 6. The zero-order valence-corrected chi connectivity index (χ0v) is 65.9. The largest absolute Gasteiger partial charge is 0.365 e. The van der Waals surface area contributed by atoms with Crippen LogP contribution in [-0.4, -0.2) is 74.2 Å². The maximum absolute atomic E-state index is 14.5. The van der Waals surface area contributed by atoms with Gasteiger partial charge in [0.15, 0.2) is 17.3 Å². The van der Waals surface area contributed by atoms with Crippen LogP contribution in [0.3, 0.4) is 0 Å². The number of aryl methyl sites for hydroxylation is 2. The van der Waals surface area contributed by atoms with Crippen LogP contribution >= 0.6 is 11.6 Å². The molecule has 6 aliphatic rings. The molecule has 6 N–H and O–H groups in total. The fraction of sp³-hybridized carbons (Fsp3) is 0.287. The zero-order valence-electron chi connectivity index (χ0n) is 65.1. The van der Waals surface area contributed by atoms with Crippen molar-refractivity contribution in [3.05, 3.63) is 290 Å². The van der Waals surface area contributed by atoms with Crippen molar-refractivity contribution in [1.82, 2.24) is 39.1 Å². The lowest BCUT2D eigenvalue weighted by atomic mass is 9.57. The number of aromatic nitrogens is 8. The molecule has 4 heterocycles. The van der Waals surface area contributed by atoms with Crippen LogP contribution in [-0.2, 0) is 70.8 Å². The van der Waals surface area contributed by atoms with Crippen molar-refractivity contribution in [3.8, 4) is 67.8 Å². The number of halogens is 2. The van der Waals surface area contributed by atoms with Crippen molar-refractivity contribution < 1.29 is 33.2 Å². The number of hydrogen-bond acceptors (Lipinski definition) is 11. The maximum atomic E-state index is 14.5. The molecule has 572 valence electrons. The summed E-state index contributed by atoms with van der Waals surface area (Å²) >= 11 is 6.14. The van der Waals surface area contributed by atoms with Crippen LogP contribution in [0.2, 0.25) is 5.02 Å². The van der Waals surface area contributed by atoms with Crippen molar-refractivity contribution in [2.45, 2.75) is 136 Å². The second-order valence-electron chi connectivity index (χ2n) is 32.3. The number of nitrogens with zero attached hydrogens (tertiary/aromatic N) is 8. The number of rotatable bonds is 13. The molecule has 19 heteroatoms. The van der Waals surface area contributed by atoms with Crippen molar-refractivity contribution in [2.75, 3.05) is 0 Å². The number of benzene rings is 7. The molecular formula is C94H91ClFN11O6. The fourth-order valence-corrected chi connectivity index (χ4v) is 19.0. The van der Waals surface area contributed by atoms with E-state index in [2.05, 4.69) is 122 Å². The summed E-state index contributed by atoms with van der Waals surface area (Å²) in [5.74, 6) is -1.76. The third kappa shape index (κ3) is 13.8. The zero-order chi connectivity index (χ0) is 79.9. The minimum absolute atomic E-state index is 0.0232. The number of amides is 3. The highest BCUT2D eigenvalue weighted by molar-refractivity contribution is 6.30. The van der Waals surface area contributed by atoms with Gasteiger partial charge in [-0.25, -0.2) is 19.0 Å². The first-order chi connectivity index (χ1) is 54.0. The molecule has 0 saturated carbocycles. The summed E-state index contributed by atoms with van der Waals surface area (Å²) in [6.07, 6.45) is 11.8. The molecule has 17 rings (SSSR count). The van der Waals surface area contributed by atoms with Crippen molar-refractivity contribution in [3.63, 3.8) is 0 Å². The lowest BCUT2D eigenvalue weighted by Crippen LogP contribution is -2.48. The van der Waals surface area contributed by atoms with Gasteiger partial charge in [-0.3, -0.25) is 33.3 Å². The smallest absolute Gasteiger partial charge is 0.252 e. The summed E-state index contributed by atoms with van der Waals surface area (Å²) in [4.78, 5) is 86.2. The fourth-order valence-electron chi connectivity index (χ4n) is 18.9. The van der Waals surface area contributed by atoms with Crippen LogP contribution in [0.15, 0.2) is 223 Å². The molecule has 0 saturated heterocycles. The van der Waals surface area contributed by atoms with Gasteiger partial charge in [0.05, 0.1) is 62.8 Å². The number of hydrogen-bond donors (Lipinski definition) is 3. The molecule has 0 radical (unpaired) electrons. The monoisotopic (exact) mass is 1520 g/mol. The molecule has 113 heavy (non-hydrogen) atoms. The van der Waals surface area contributed by atoms with Crippen LogP contribution in [0.25, 0.3) is 67.8 Å². The SMILES string of the molecule is CC(C)c1ccc(-c2nc3c(n2Cc2ccc(Cl)cc2)CC[C@@H]2[C@@H](C)C(=O)C(C(N)=O)=C[C@@]32C)cc1.C[C@H]1C(=O)C(C(N)=O)=C[C@@]2(C)c3nc(-c4cccc(-c5ccccc5)c4)n(-c4cccc(F)c4)c3CC[C@H]12.Cc1ccc(-c2nn(-c3ccc(-c4cc(C)cnn4)cc3)c3c2CC[C@@H]2[C@@H](C)C(=O)C(C(N)=O)=C[C@@]32C)cc1. The second-order valence-corrected chi connectivity index (χ2v) is 32.8. The molecule has 0 unspecified atom stereocenters.